The quantitative estimate of drug-likeness (QED) is 0.687. The van der Waals surface area contributed by atoms with Crippen molar-refractivity contribution in [1.29, 1.82) is 0 Å². The molecule has 4 nitrogen and oxygen atoms in total. The van der Waals surface area contributed by atoms with Crippen molar-refractivity contribution in [3.8, 4) is 0 Å². The van der Waals surface area contributed by atoms with E-state index in [0.29, 0.717) is 10.7 Å². The van der Waals surface area contributed by atoms with Crippen LogP contribution in [0.2, 0.25) is 0 Å². The highest BCUT2D eigenvalue weighted by atomic mass is 32.1. The Bertz CT molecular complexity index is 635. The first kappa shape index (κ1) is 13.2. The van der Waals surface area contributed by atoms with Gasteiger partial charge in [0.15, 0.2) is 5.82 Å². The third-order valence-electron chi connectivity index (χ3n) is 3.77. The van der Waals surface area contributed by atoms with Crippen molar-refractivity contribution in [2.75, 3.05) is 0 Å². The normalized spacial score (nSPS) is 16.8. The zero-order chi connectivity index (χ0) is 13.8. The number of nitrogens with zero attached hydrogens (tertiary/aromatic N) is 3. The van der Waals surface area contributed by atoms with Gasteiger partial charge in [-0.2, -0.15) is 14.9 Å². The van der Waals surface area contributed by atoms with Gasteiger partial charge in [0.2, 0.25) is 4.77 Å². The molecule has 1 fully saturated rings. The predicted octanol–water partition coefficient (Wildman–Crippen LogP) is 3.87. The first-order chi connectivity index (χ1) is 9.84. The number of benzene rings is 1. The Morgan fingerprint density at radius 2 is 1.95 bits per heavy atom. The summed E-state index contributed by atoms with van der Waals surface area (Å²) in [7, 11) is 0. The lowest BCUT2D eigenvalue weighted by Crippen LogP contribution is -2.10. The molecule has 1 aliphatic rings. The van der Waals surface area contributed by atoms with Gasteiger partial charge in [-0.25, -0.2) is 0 Å². The molecule has 20 heavy (non-hydrogen) atoms. The average molecular weight is 286 g/mol. The fourth-order valence-electron chi connectivity index (χ4n) is 2.70. The molecule has 2 aromatic rings. The number of aromatic amines is 1. The van der Waals surface area contributed by atoms with E-state index in [1.54, 1.807) is 4.68 Å². The van der Waals surface area contributed by atoms with E-state index < -0.39 is 0 Å². The van der Waals surface area contributed by atoms with Crippen LogP contribution in [0.25, 0.3) is 0 Å². The minimum atomic E-state index is 0.477. The molecule has 0 aliphatic heterocycles. The number of hydrogen-bond acceptors (Lipinski definition) is 3. The standard InChI is InChI=1S/C15H18N4S/c20-15-18-17-14(13-9-5-2-6-10-13)19(15)16-11-12-7-3-1-4-8-12/h1,3-4,7-8,11,13H,2,5-6,9-10H2,(H,18,20)/b16-11-. The Hall–Kier alpha value is -1.75. The lowest BCUT2D eigenvalue weighted by molar-refractivity contribution is 0.419. The smallest absolute Gasteiger partial charge is 0.216 e. The van der Waals surface area contributed by atoms with E-state index in [0.717, 1.165) is 11.4 Å². The molecule has 1 aromatic heterocycles. The van der Waals surface area contributed by atoms with E-state index in [1.807, 2.05) is 36.5 Å². The van der Waals surface area contributed by atoms with Crippen molar-refractivity contribution in [2.45, 2.75) is 38.0 Å². The van der Waals surface area contributed by atoms with Crippen molar-refractivity contribution in [3.05, 3.63) is 46.5 Å². The van der Waals surface area contributed by atoms with Crippen LogP contribution in [0.4, 0.5) is 0 Å². The number of hydrogen-bond donors (Lipinski definition) is 1. The van der Waals surface area contributed by atoms with Gasteiger partial charge in [0.25, 0.3) is 0 Å². The number of nitrogens with one attached hydrogen (secondary N) is 1. The molecule has 0 spiro atoms. The monoisotopic (exact) mass is 286 g/mol. The molecule has 1 N–H and O–H groups in total. The van der Waals surface area contributed by atoms with Gasteiger partial charge < -0.3 is 0 Å². The van der Waals surface area contributed by atoms with Crippen LogP contribution in [0.5, 0.6) is 0 Å². The fraction of sp³-hybridized carbons (Fsp3) is 0.400. The van der Waals surface area contributed by atoms with Gasteiger partial charge in [0, 0.05) is 5.92 Å². The van der Waals surface area contributed by atoms with Crippen molar-refractivity contribution in [3.63, 3.8) is 0 Å². The summed E-state index contributed by atoms with van der Waals surface area (Å²) < 4.78 is 2.34. The molecule has 0 radical (unpaired) electrons. The molecule has 1 heterocycles. The van der Waals surface area contributed by atoms with Crippen LogP contribution >= 0.6 is 12.2 Å². The van der Waals surface area contributed by atoms with E-state index in [4.69, 9.17) is 12.2 Å². The van der Waals surface area contributed by atoms with E-state index in [2.05, 4.69) is 15.3 Å². The van der Waals surface area contributed by atoms with Crippen molar-refractivity contribution in [1.82, 2.24) is 14.9 Å². The van der Waals surface area contributed by atoms with Gasteiger partial charge in [0.1, 0.15) is 0 Å². The highest BCUT2D eigenvalue weighted by Gasteiger charge is 2.21. The van der Waals surface area contributed by atoms with E-state index in [-0.39, 0.29) is 0 Å². The Kier molecular flexibility index (Phi) is 4.06. The number of rotatable bonds is 3. The van der Waals surface area contributed by atoms with Crippen LogP contribution in [-0.2, 0) is 0 Å². The summed E-state index contributed by atoms with van der Waals surface area (Å²) in [5.41, 5.74) is 1.06. The first-order valence-corrected chi connectivity index (χ1v) is 7.52. The molecule has 1 saturated carbocycles. The van der Waals surface area contributed by atoms with E-state index in [1.165, 1.54) is 32.1 Å². The molecule has 0 unspecified atom stereocenters. The molecule has 5 heteroatoms. The van der Waals surface area contributed by atoms with Gasteiger partial charge >= 0.3 is 0 Å². The third-order valence-corrected chi connectivity index (χ3v) is 4.03. The summed E-state index contributed by atoms with van der Waals surface area (Å²) in [6.07, 6.45) is 8.06. The van der Waals surface area contributed by atoms with Crippen LogP contribution in [-0.4, -0.2) is 21.1 Å². The molecule has 0 saturated heterocycles. The molecule has 0 amide bonds. The van der Waals surface area contributed by atoms with Gasteiger partial charge in [-0.1, -0.05) is 49.6 Å². The molecular weight excluding hydrogens is 268 g/mol. The Morgan fingerprint density at radius 1 is 1.20 bits per heavy atom. The maximum Gasteiger partial charge on any atom is 0.216 e. The van der Waals surface area contributed by atoms with Crippen molar-refractivity contribution >= 4 is 18.4 Å². The second-order valence-corrected chi connectivity index (χ2v) is 5.58. The molecule has 0 bridgehead atoms. The first-order valence-electron chi connectivity index (χ1n) is 7.11. The van der Waals surface area contributed by atoms with Gasteiger partial charge in [-0.05, 0) is 30.6 Å². The van der Waals surface area contributed by atoms with Crippen LogP contribution < -0.4 is 0 Å². The number of aromatic nitrogens is 3. The molecular formula is C15H18N4S. The second kappa shape index (κ2) is 6.13. The molecule has 3 rings (SSSR count). The average Bonchev–Trinajstić information content (AvgIpc) is 2.88. The van der Waals surface area contributed by atoms with Crippen LogP contribution in [0, 0.1) is 4.77 Å². The minimum Gasteiger partial charge on any atom is -0.250 e. The molecule has 104 valence electrons. The summed E-state index contributed by atoms with van der Waals surface area (Å²) >= 11 is 5.29. The summed E-state index contributed by atoms with van der Waals surface area (Å²) in [6.45, 7) is 0. The zero-order valence-corrected chi connectivity index (χ0v) is 12.1. The SMILES string of the molecule is S=c1[nH]nc(C2CCCCC2)n1/N=C\c1ccccc1. The fourth-order valence-corrected chi connectivity index (χ4v) is 2.89. The van der Waals surface area contributed by atoms with Crippen molar-refractivity contribution < 1.29 is 0 Å². The largest absolute Gasteiger partial charge is 0.250 e. The zero-order valence-electron chi connectivity index (χ0n) is 11.3. The number of H-pyrrole nitrogens is 1. The lowest BCUT2D eigenvalue weighted by atomic mass is 9.89. The Balaban J connectivity index is 1.87. The summed E-state index contributed by atoms with van der Waals surface area (Å²) in [5, 5.41) is 11.8. The van der Waals surface area contributed by atoms with Crippen LogP contribution in [0.3, 0.4) is 0 Å². The molecule has 1 aliphatic carbocycles. The van der Waals surface area contributed by atoms with Crippen LogP contribution in [0.1, 0.15) is 49.4 Å². The topological polar surface area (TPSA) is 46.0 Å². The summed E-state index contributed by atoms with van der Waals surface area (Å²) in [6, 6.07) is 10.0. The van der Waals surface area contributed by atoms with Gasteiger partial charge in [-0.3, -0.25) is 5.10 Å². The molecule has 1 aromatic carbocycles. The third kappa shape index (κ3) is 2.88. The minimum absolute atomic E-state index is 0.477. The van der Waals surface area contributed by atoms with Gasteiger partial charge in [-0.15, -0.1) is 0 Å². The second-order valence-electron chi connectivity index (χ2n) is 5.19. The highest BCUT2D eigenvalue weighted by Crippen LogP contribution is 2.31. The maximum absolute atomic E-state index is 5.29. The summed E-state index contributed by atoms with van der Waals surface area (Å²) in [4.78, 5) is 0. The van der Waals surface area contributed by atoms with Crippen LogP contribution in [0.15, 0.2) is 35.4 Å². The highest BCUT2D eigenvalue weighted by molar-refractivity contribution is 7.71. The Labute approximate surface area is 123 Å². The Morgan fingerprint density at radius 3 is 2.70 bits per heavy atom. The summed E-state index contributed by atoms with van der Waals surface area (Å²) in [5.74, 6) is 1.45. The lowest BCUT2D eigenvalue weighted by Gasteiger charge is -2.19. The van der Waals surface area contributed by atoms with E-state index in [9.17, 15) is 0 Å². The predicted molar refractivity (Wildman–Crippen MR) is 82.7 cm³/mol. The van der Waals surface area contributed by atoms with Gasteiger partial charge in [0.05, 0.1) is 6.21 Å². The maximum atomic E-state index is 5.29. The van der Waals surface area contributed by atoms with Crippen molar-refractivity contribution in [2.24, 2.45) is 5.10 Å². The van der Waals surface area contributed by atoms with E-state index >= 15 is 0 Å². The molecule has 0 atom stereocenters.